The highest BCUT2D eigenvalue weighted by Crippen LogP contribution is 2.36. The molecule has 1 aromatic heterocycles. The SMILES string of the molecule is Cl.NC1(C(=O)NC2CCCc3sccc32)CC1. The van der Waals surface area contributed by atoms with Crippen LogP contribution in [0.4, 0.5) is 0 Å². The van der Waals surface area contributed by atoms with Crippen molar-refractivity contribution in [3.05, 3.63) is 21.9 Å². The van der Waals surface area contributed by atoms with Gasteiger partial charge < -0.3 is 11.1 Å². The van der Waals surface area contributed by atoms with Gasteiger partial charge in [-0.2, -0.15) is 0 Å². The lowest BCUT2D eigenvalue weighted by Crippen LogP contribution is -2.44. The first kappa shape index (κ1) is 12.9. The Labute approximate surface area is 111 Å². The molecule has 1 saturated carbocycles. The van der Waals surface area contributed by atoms with Gasteiger partial charge in [-0.15, -0.1) is 23.7 Å². The molecule has 0 bridgehead atoms. The molecule has 17 heavy (non-hydrogen) atoms. The number of hydrogen-bond acceptors (Lipinski definition) is 3. The van der Waals surface area contributed by atoms with Gasteiger partial charge in [0.15, 0.2) is 0 Å². The maximum absolute atomic E-state index is 11.9. The van der Waals surface area contributed by atoms with Gasteiger partial charge in [-0.25, -0.2) is 0 Å². The quantitative estimate of drug-likeness (QED) is 0.867. The molecule has 1 heterocycles. The van der Waals surface area contributed by atoms with E-state index in [1.807, 2.05) is 0 Å². The van der Waals surface area contributed by atoms with Crippen LogP contribution in [0.3, 0.4) is 0 Å². The third-order valence-electron chi connectivity index (χ3n) is 3.60. The van der Waals surface area contributed by atoms with Crippen molar-refractivity contribution in [3.63, 3.8) is 0 Å². The number of halogens is 1. The highest BCUT2D eigenvalue weighted by molar-refractivity contribution is 7.10. The Morgan fingerprint density at radius 3 is 3.00 bits per heavy atom. The lowest BCUT2D eigenvalue weighted by atomic mass is 9.94. The van der Waals surface area contributed by atoms with Crippen molar-refractivity contribution in [3.8, 4) is 0 Å². The number of carbonyl (C=O) groups is 1. The molecule has 1 unspecified atom stereocenters. The molecule has 94 valence electrons. The summed E-state index contributed by atoms with van der Waals surface area (Å²) in [4.78, 5) is 13.3. The van der Waals surface area contributed by atoms with Gasteiger partial charge >= 0.3 is 0 Å². The van der Waals surface area contributed by atoms with Crippen molar-refractivity contribution in [2.24, 2.45) is 5.73 Å². The van der Waals surface area contributed by atoms with Crippen molar-refractivity contribution in [2.75, 3.05) is 0 Å². The summed E-state index contributed by atoms with van der Waals surface area (Å²) in [6.45, 7) is 0. The fourth-order valence-corrected chi connectivity index (χ4v) is 3.29. The van der Waals surface area contributed by atoms with Crippen molar-refractivity contribution in [1.29, 1.82) is 0 Å². The zero-order valence-electron chi connectivity index (χ0n) is 9.57. The first-order chi connectivity index (χ1) is 7.69. The Kier molecular flexibility index (Phi) is 3.48. The Balaban J connectivity index is 0.00000108. The molecular weight excluding hydrogens is 256 g/mol. The van der Waals surface area contributed by atoms with E-state index in [-0.39, 0.29) is 24.4 Å². The second-order valence-electron chi connectivity index (χ2n) is 4.87. The zero-order chi connectivity index (χ0) is 11.2. The van der Waals surface area contributed by atoms with Gasteiger partial charge in [-0.3, -0.25) is 4.79 Å². The number of fused-ring (bicyclic) bond motifs is 1. The van der Waals surface area contributed by atoms with E-state index in [1.54, 1.807) is 11.3 Å². The zero-order valence-corrected chi connectivity index (χ0v) is 11.2. The van der Waals surface area contributed by atoms with Gasteiger partial charge in [-0.1, -0.05) is 0 Å². The minimum Gasteiger partial charge on any atom is -0.348 e. The van der Waals surface area contributed by atoms with Crippen LogP contribution in [0.2, 0.25) is 0 Å². The topological polar surface area (TPSA) is 55.1 Å². The third-order valence-corrected chi connectivity index (χ3v) is 4.59. The molecule has 1 atom stereocenters. The van der Waals surface area contributed by atoms with Crippen LogP contribution < -0.4 is 11.1 Å². The molecule has 0 saturated heterocycles. The average molecular weight is 273 g/mol. The highest BCUT2D eigenvalue weighted by Gasteiger charge is 2.46. The molecule has 1 amide bonds. The fraction of sp³-hybridized carbons (Fsp3) is 0.583. The van der Waals surface area contributed by atoms with Crippen LogP contribution >= 0.6 is 23.7 Å². The maximum Gasteiger partial charge on any atom is 0.240 e. The van der Waals surface area contributed by atoms with Crippen LogP contribution in [0.5, 0.6) is 0 Å². The van der Waals surface area contributed by atoms with Crippen LogP contribution in [0, 0.1) is 0 Å². The van der Waals surface area contributed by atoms with Crippen LogP contribution in [0.15, 0.2) is 11.4 Å². The second-order valence-corrected chi connectivity index (χ2v) is 5.87. The molecule has 0 aromatic carbocycles. The molecule has 3 N–H and O–H groups in total. The molecule has 0 radical (unpaired) electrons. The lowest BCUT2D eigenvalue weighted by molar-refractivity contribution is -0.124. The Bertz CT molecular complexity index is 428. The van der Waals surface area contributed by atoms with Crippen LogP contribution in [-0.4, -0.2) is 11.4 Å². The lowest BCUT2D eigenvalue weighted by Gasteiger charge is -2.25. The van der Waals surface area contributed by atoms with E-state index in [9.17, 15) is 4.79 Å². The first-order valence-electron chi connectivity index (χ1n) is 5.85. The standard InChI is InChI=1S/C12H16N2OS.ClH/c13-12(5-6-12)11(15)14-9-2-1-3-10-8(9)4-7-16-10;/h4,7,9H,1-3,5-6,13H2,(H,14,15);1H. The summed E-state index contributed by atoms with van der Waals surface area (Å²) in [5.41, 5.74) is 6.66. The normalized spacial score (nSPS) is 24.4. The predicted molar refractivity (Wildman–Crippen MR) is 71.5 cm³/mol. The van der Waals surface area contributed by atoms with Gasteiger partial charge in [0.25, 0.3) is 0 Å². The fourth-order valence-electron chi connectivity index (χ4n) is 2.30. The van der Waals surface area contributed by atoms with Crippen molar-refractivity contribution < 1.29 is 4.79 Å². The van der Waals surface area contributed by atoms with E-state index in [4.69, 9.17) is 5.73 Å². The maximum atomic E-state index is 11.9. The van der Waals surface area contributed by atoms with Gasteiger partial charge in [0.05, 0.1) is 11.6 Å². The summed E-state index contributed by atoms with van der Waals surface area (Å²) in [5, 5.41) is 5.22. The molecule has 3 nitrogen and oxygen atoms in total. The molecular formula is C12H17ClN2OS. The second kappa shape index (κ2) is 4.59. The average Bonchev–Trinajstić information content (AvgIpc) is 2.85. The van der Waals surface area contributed by atoms with Gasteiger partial charge in [0.1, 0.15) is 0 Å². The minimum atomic E-state index is -0.548. The monoisotopic (exact) mass is 272 g/mol. The Hall–Kier alpha value is -0.580. The summed E-state index contributed by atoms with van der Waals surface area (Å²) in [6.07, 6.45) is 5.04. The van der Waals surface area contributed by atoms with Crippen LogP contribution in [0.1, 0.15) is 42.2 Å². The van der Waals surface area contributed by atoms with Crippen LogP contribution in [-0.2, 0) is 11.2 Å². The van der Waals surface area contributed by atoms with Gasteiger partial charge in [0.2, 0.25) is 5.91 Å². The van der Waals surface area contributed by atoms with E-state index in [0.29, 0.717) is 0 Å². The van der Waals surface area contributed by atoms with E-state index in [1.165, 1.54) is 10.4 Å². The van der Waals surface area contributed by atoms with E-state index >= 15 is 0 Å². The number of nitrogens with one attached hydrogen (secondary N) is 1. The van der Waals surface area contributed by atoms with Crippen molar-refractivity contribution in [1.82, 2.24) is 5.32 Å². The third kappa shape index (κ3) is 2.34. The Morgan fingerprint density at radius 2 is 2.29 bits per heavy atom. The first-order valence-corrected chi connectivity index (χ1v) is 6.73. The summed E-state index contributed by atoms with van der Waals surface area (Å²) >= 11 is 1.80. The number of thiophene rings is 1. The minimum absolute atomic E-state index is 0. The number of carbonyl (C=O) groups excluding carboxylic acids is 1. The number of aryl methyl sites for hydroxylation is 1. The van der Waals surface area contributed by atoms with Gasteiger partial charge in [0, 0.05) is 4.88 Å². The molecule has 2 aliphatic carbocycles. The molecule has 0 aliphatic heterocycles. The molecule has 0 spiro atoms. The number of amides is 1. The predicted octanol–water partition coefficient (Wildman–Crippen LogP) is 2.15. The van der Waals surface area contributed by atoms with E-state index in [2.05, 4.69) is 16.8 Å². The molecule has 1 aromatic rings. The number of rotatable bonds is 2. The molecule has 1 fully saturated rings. The van der Waals surface area contributed by atoms with Gasteiger partial charge in [-0.05, 0) is 49.1 Å². The molecule has 3 rings (SSSR count). The molecule has 5 heteroatoms. The summed E-state index contributed by atoms with van der Waals surface area (Å²) in [5.74, 6) is 0.0385. The van der Waals surface area contributed by atoms with Crippen molar-refractivity contribution in [2.45, 2.75) is 43.7 Å². The highest BCUT2D eigenvalue weighted by atomic mass is 35.5. The Morgan fingerprint density at radius 1 is 1.53 bits per heavy atom. The van der Waals surface area contributed by atoms with Crippen LogP contribution in [0.25, 0.3) is 0 Å². The van der Waals surface area contributed by atoms with E-state index < -0.39 is 5.54 Å². The molecule has 2 aliphatic rings. The van der Waals surface area contributed by atoms with E-state index in [0.717, 1.165) is 32.1 Å². The smallest absolute Gasteiger partial charge is 0.240 e. The summed E-state index contributed by atoms with van der Waals surface area (Å²) in [7, 11) is 0. The summed E-state index contributed by atoms with van der Waals surface area (Å²) in [6, 6.07) is 2.34. The number of hydrogen-bond donors (Lipinski definition) is 2. The number of nitrogens with two attached hydrogens (primary N) is 1. The van der Waals surface area contributed by atoms with Crippen molar-refractivity contribution >= 4 is 29.7 Å². The summed E-state index contributed by atoms with van der Waals surface area (Å²) < 4.78 is 0. The largest absolute Gasteiger partial charge is 0.348 e.